The fourth-order valence-corrected chi connectivity index (χ4v) is 2.23. The molecule has 0 spiro atoms. The Hall–Kier alpha value is -2.72. The van der Waals surface area contributed by atoms with E-state index < -0.39 is 38.7 Å². The number of alkyl halides is 3. The van der Waals surface area contributed by atoms with Crippen LogP contribution in [0.15, 0.2) is 6.07 Å². The third-order valence-electron chi connectivity index (χ3n) is 3.27. The molecule has 0 aliphatic rings. The molecule has 1 heterocycles. The zero-order chi connectivity index (χ0) is 17.4. The van der Waals surface area contributed by atoms with Crippen LogP contribution in [-0.4, -0.2) is 19.8 Å². The lowest BCUT2D eigenvalue weighted by Gasteiger charge is -2.04. The molecule has 0 aliphatic carbocycles. The Morgan fingerprint density at radius 3 is 2.30 bits per heavy atom. The third kappa shape index (κ3) is 3.07. The maximum Gasteiger partial charge on any atom is 0.449 e. The Balaban J connectivity index is 2.85. The number of unbranched alkanes of at least 4 members (excludes halogenated alkanes) is 1. The highest BCUT2D eigenvalue weighted by Gasteiger charge is 2.37. The normalized spacial score (nSPS) is 11.8. The van der Waals surface area contributed by atoms with Gasteiger partial charge in [-0.15, -0.1) is 0 Å². The molecule has 2 aromatic rings. The number of halogens is 3. The van der Waals surface area contributed by atoms with E-state index in [9.17, 15) is 33.4 Å². The number of nitro groups is 2. The van der Waals surface area contributed by atoms with Gasteiger partial charge >= 0.3 is 11.9 Å². The molecule has 0 bridgehead atoms. The van der Waals surface area contributed by atoms with E-state index in [1.54, 1.807) is 0 Å². The monoisotopic (exact) mass is 332 g/mol. The second-order valence-electron chi connectivity index (χ2n) is 4.82. The molecule has 0 saturated carbocycles. The predicted octanol–water partition coefficient (Wildman–Crippen LogP) is 3.74. The molecule has 0 unspecified atom stereocenters. The number of imidazole rings is 1. The molecule has 124 valence electrons. The minimum atomic E-state index is -4.84. The van der Waals surface area contributed by atoms with Gasteiger partial charge in [0.2, 0.25) is 5.82 Å². The molecule has 1 N–H and O–H groups in total. The third-order valence-corrected chi connectivity index (χ3v) is 3.27. The number of rotatable bonds is 5. The molecule has 0 amide bonds. The maximum atomic E-state index is 12.8. The van der Waals surface area contributed by atoms with Gasteiger partial charge in [-0.25, -0.2) is 4.98 Å². The number of nitrogens with one attached hydrogen (secondary N) is 1. The minimum Gasteiger partial charge on any atom is -0.334 e. The molecule has 0 radical (unpaired) electrons. The second-order valence-corrected chi connectivity index (χ2v) is 4.82. The van der Waals surface area contributed by atoms with E-state index in [4.69, 9.17) is 0 Å². The van der Waals surface area contributed by atoms with Crippen molar-refractivity contribution in [2.45, 2.75) is 32.4 Å². The number of nitro benzene ring substituents is 2. The van der Waals surface area contributed by atoms with E-state index in [1.807, 2.05) is 11.9 Å². The summed E-state index contributed by atoms with van der Waals surface area (Å²) in [5.41, 5.74) is -2.28. The first-order chi connectivity index (χ1) is 10.7. The number of aromatic amines is 1. The summed E-state index contributed by atoms with van der Waals surface area (Å²) in [6.45, 7) is 1.81. The van der Waals surface area contributed by atoms with E-state index in [0.29, 0.717) is 18.9 Å². The molecule has 0 saturated heterocycles. The average molecular weight is 332 g/mol. The SMILES string of the molecule is CCCCc1c([N+](=O)[O-])cc([N+](=O)[O-])c2nc(C(F)(F)F)[nH]c12. The molecule has 23 heavy (non-hydrogen) atoms. The van der Waals surface area contributed by atoms with Gasteiger partial charge in [0.25, 0.3) is 5.69 Å². The number of H-pyrrole nitrogens is 1. The van der Waals surface area contributed by atoms with Crippen molar-refractivity contribution in [3.05, 3.63) is 37.7 Å². The van der Waals surface area contributed by atoms with Crippen molar-refractivity contribution in [3.8, 4) is 0 Å². The van der Waals surface area contributed by atoms with Crippen LogP contribution in [0, 0.1) is 20.2 Å². The van der Waals surface area contributed by atoms with E-state index >= 15 is 0 Å². The number of fused-ring (bicyclic) bond motifs is 1. The molecule has 0 atom stereocenters. The summed E-state index contributed by atoms with van der Waals surface area (Å²) in [4.78, 5) is 25.5. The average Bonchev–Trinajstić information content (AvgIpc) is 2.88. The van der Waals surface area contributed by atoms with Crippen molar-refractivity contribution in [1.82, 2.24) is 9.97 Å². The molecule has 0 fully saturated rings. The molecule has 2 rings (SSSR count). The zero-order valence-corrected chi connectivity index (χ0v) is 11.8. The van der Waals surface area contributed by atoms with Crippen LogP contribution in [0.1, 0.15) is 31.2 Å². The molecule has 8 nitrogen and oxygen atoms in total. The van der Waals surface area contributed by atoms with Gasteiger partial charge in [-0.05, 0) is 12.8 Å². The van der Waals surface area contributed by atoms with Crippen LogP contribution >= 0.6 is 0 Å². The summed E-state index contributed by atoms with van der Waals surface area (Å²) in [6, 6.07) is 0.661. The predicted molar refractivity (Wildman–Crippen MR) is 73.0 cm³/mol. The molecule has 0 aliphatic heterocycles. The van der Waals surface area contributed by atoms with Crippen LogP contribution in [-0.2, 0) is 12.6 Å². The second kappa shape index (κ2) is 5.82. The van der Waals surface area contributed by atoms with Crippen molar-refractivity contribution in [2.24, 2.45) is 0 Å². The smallest absolute Gasteiger partial charge is 0.334 e. The topological polar surface area (TPSA) is 115 Å². The van der Waals surface area contributed by atoms with Crippen LogP contribution in [0.3, 0.4) is 0 Å². The first-order valence-electron chi connectivity index (χ1n) is 6.58. The van der Waals surface area contributed by atoms with Crippen molar-refractivity contribution in [3.63, 3.8) is 0 Å². The summed E-state index contributed by atoms with van der Waals surface area (Å²) in [5.74, 6) is -1.42. The fraction of sp³-hybridized carbons (Fsp3) is 0.417. The van der Waals surface area contributed by atoms with E-state index in [1.165, 1.54) is 0 Å². The highest BCUT2D eigenvalue weighted by atomic mass is 19.4. The van der Waals surface area contributed by atoms with Gasteiger partial charge in [0.15, 0.2) is 5.52 Å². The summed E-state index contributed by atoms with van der Waals surface area (Å²) >= 11 is 0. The Kier molecular flexibility index (Phi) is 4.21. The summed E-state index contributed by atoms with van der Waals surface area (Å²) < 4.78 is 38.4. The van der Waals surface area contributed by atoms with Gasteiger partial charge in [-0.3, -0.25) is 20.2 Å². The first kappa shape index (κ1) is 16.6. The number of aromatic nitrogens is 2. The minimum absolute atomic E-state index is 0.0135. The summed E-state index contributed by atoms with van der Waals surface area (Å²) in [5, 5.41) is 22.2. The number of non-ortho nitro benzene ring substituents is 1. The number of nitrogens with zero attached hydrogens (tertiary/aromatic N) is 3. The van der Waals surface area contributed by atoms with Crippen molar-refractivity contribution in [2.75, 3.05) is 0 Å². The lowest BCUT2D eigenvalue weighted by atomic mass is 10.0. The van der Waals surface area contributed by atoms with Crippen LogP contribution in [0.4, 0.5) is 24.5 Å². The van der Waals surface area contributed by atoms with Crippen LogP contribution < -0.4 is 0 Å². The molecule has 1 aromatic heterocycles. The molecular weight excluding hydrogens is 321 g/mol. The fourth-order valence-electron chi connectivity index (χ4n) is 2.23. The largest absolute Gasteiger partial charge is 0.449 e. The van der Waals surface area contributed by atoms with Gasteiger partial charge in [-0.1, -0.05) is 13.3 Å². The van der Waals surface area contributed by atoms with Crippen LogP contribution in [0.2, 0.25) is 0 Å². The molecule has 11 heteroatoms. The van der Waals surface area contributed by atoms with Gasteiger partial charge in [0, 0.05) is 0 Å². The number of hydrogen-bond acceptors (Lipinski definition) is 5. The summed E-state index contributed by atoms with van der Waals surface area (Å²) in [6.07, 6.45) is -3.60. The van der Waals surface area contributed by atoms with Crippen molar-refractivity contribution >= 4 is 22.4 Å². The van der Waals surface area contributed by atoms with Gasteiger partial charge in [-0.2, -0.15) is 13.2 Å². The van der Waals surface area contributed by atoms with E-state index in [2.05, 4.69) is 4.98 Å². The Bertz CT molecular complexity index is 785. The van der Waals surface area contributed by atoms with E-state index in [-0.39, 0.29) is 17.5 Å². The van der Waals surface area contributed by atoms with Crippen molar-refractivity contribution < 1.29 is 23.0 Å². The quantitative estimate of drug-likeness (QED) is 0.661. The highest BCUT2D eigenvalue weighted by Crippen LogP contribution is 2.38. The lowest BCUT2D eigenvalue weighted by Crippen LogP contribution is -2.07. The van der Waals surface area contributed by atoms with Crippen LogP contribution in [0.5, 0.6) is 0 Å². The van der Waals surface area contributed by atoms with Gasteiger partial charge in [0.05, 0.1) is 27.0 Å². The van der Waals surface area contributed by atoms with Gasteiger partial charge in [0.1, 0.15) is 0 Å². The Morgan fingerprint density at radius 1 is 1.22 bits per heavy atom. The highest BCUT2D eigenvalue weighted by molar-refractivity contribution is 5.91. The Labute approximate surface area is 126 Å². The lowest BCUT2D eigenvalue weighted by molar-refractivity contribution is -0.393. The van der Waals surface area contributed by atoms with E-state index in [0.717, 1.165) is 0 Å². The van der Waals surface area contributed by atoms with Crippen molar-refractivity contribution in [1.29, 1.82) is 0 Å². The zero-order valence-electron chi connectivity index (χ0n) is 11.8. The Morgan fingerprint density at radius 2 is 1.83 bits per heavy atom. The molecular formula is C12H11F3N4O4. The number of aryl methyl sites for hydroxylation is 1. The summed E-state index contributed by atoms with van der Waals surface area (Å²) in [7, 11) is 0. The standard InChI is InChI=1S/C12H11F3N4O4/c1-2-3-4-6-7(18(20)21)5-8(19(22)23)10-9(6)16-11(17-10)12(13,14)15/h5H,2-4H2,1H3,(H,16,17). The number of benzene rings is 1. The first-order valence-corrected chi connectivity index (χ1v) is 6.58. The number of hydrogen-bond donors (Lipinski definition) is 1. The molecule has 1 aromatic carbocycles. The van der Waals surface area contributed by atoms with Crippen LogP contribution in [0.25, 0.3) is 11.0 Å². The maximum absolute atomic E-state index is 12.8. The van der Waals surface area contributed by atoms with Gasteiger partial charge < -0.3 is 4.98 Å².